The van der Waals surface area contributed by atoms with Crippen LogP contribution in [0.2, 0.25) is 0 Å². The Hall–Kier alpha value is -0.890. The highest BCUT2D eigenvalue weighted by atomic mass is 35.5. The molecule has 0 unspecified atom stereocenters. The summed E-state index contributed by atoms with van der Waals surface area (Å²) in [6, 6.07) is 5.10. The molecule has 0 aliphatic heterocycles. The Morgan fingerprint density at radius 2 is 2.17 bits per heavy atom. The molecule has 0 saturated carbocycles. The van der Waals surface area contributed by atoms with Gasteiger partial charge in [0.05, 0.1) is 5.88 Å². The largest absolute Gasteiger partial charge is 0.508 e. The number of phenolic OH excluding ortho intramolecular Hbond substituents is 1. The van der Waals surface area contributed by atoms with E-state index in [1.165, 1.54) is 0 Å². The summed E-state index contributed by atoms with van der Waals surface area (Å²) in [6.07, 6.45) is 0. The Morgan fingerprint density at radius 1 is 1.42 bits per heavy atom. The minimum atomic E-state index is 0.222. The first kappa shape index (κ1) is 9.20. The van der Waals surface area contributed by atoms with Crippen LogP contribution in [0.4, 0.5) is 0 Å². The molecule has 1 N–H and O–H groups in total. The zero-order valence-corrected chi connectivity index (χ0v) is 7.64. The molecule has 1 aromatic carbocycles. The van der Waals surface area contributed by atoms with Gasteiger partial charge in [-0.15, -0.1) is 11.6 Å². The topological polar surface area (TPSA) is 29.5 Å². The summed E-state index contributed by atoms with van der Waals surface area (Å²) in [6.45, 7) is 2.36. The van der Waals surface area contributed by atoms with Gasteiger partial charge < -0.3 is 9.84 Å². The van der Waals surface area contributed by atoms with Crippen molar-refractivity contribution in [2.45, 2.75) is 6.92 Å². The molecule has 66 valence electrons. The van der Waals surface area contributed by atoms with Gasteiger partial charge in [0.1, 0.15) is 18.1 Å². The molecule has 0 amide bonds. The second-order valence-corrected chi connectivity index (χ2v) is 2.92. The smallest absolute Gasteiger partial charge is 0.123 e. The molecule has 2 nitrogen and oxygen atoms in total. The molecule has 0 fully saturated rings. The Bertz CT molecular complexity index is 240. The maximum absolute atomic E-state index is 9.18. The molecule has 0 aliphatic carbocycles. The van der Waals surface area contributed by atoms with Crippen LogP contribution >= 0.6 is 11.6 Å². The van der Waals surface area contributed by atoms with E-state index in [0.717, 1.165) is 5.56 Å². The molecular formula is C9H11ClO2. The van der Waals surface area contributed by atoms with Crippen LogP contribution in [0.3, 0.4) is 0 Å². The molecule has 0 radical (unpaired) electrons. The molecule has 0 bridgehead atoms. The van der Waals surface area contributed by atoms with Crippen LogP contribution in [0.5, 0.6) is 11.5 Å². The fraction of sp³-hybridized carbons (Fsp3) is 0.333. The number of aryl methyl sites for hydroxylation is 1. The Labute approximate surface area is 76.7 Å². The monoisotopic (exact) mass is 186 g/mol. The van der Waals surface area contributed by atoms with Gasteiger partial charge in [0.15, 0.2) is 0 Å². The van der Waals surface area contributed by atoms with Crippen molar-refractivity contribution in [3.8, 4) is 11.5 Å². The number of benzene rings is 1. The highest BCUT2D eigenvalue weighted by Crippen LogP contribution is 2.20. The Balaban J connectivity index is 2.72. The number of hydrogen-bond acceptors (Lipinski definition) is 2. The van der Waals surface area contributed by atoms with Gasteiger partial charge in [-0.1, -0.05) is 0 Å². The third-order valence-electron chi connectivity index (χ3n) is 1.38. The zero-order chi connectivity index (χ0) is 8.97. The molecule has 0 spiro atoms. The fourth-order valence-electron chi connectivity index (χ4n) is 0.968. The van der Waals surface area contributed by atoms with Gasteiger partial charge in [0, 0.05) is 6.07 Å². The van der Waals surface area contributed by atoms with E-state index in [4.69, 9.17) is 16.3 Å². The Kier molecular flexibility index (Phi) is 3.23. The van der Waals surface area contributed by atoms with Gasteiger partial charge in [-0.05, 0) is 24.6 Å². The Morgan fingerprint density at radius 3 is 2.75 bits per heavy atom. The van der Waals surface area contributed by atoms with Crippen molar-refractivity contribution in [1.82, 2.24) is 0 Å². The van der Waals surface area contributed by atoms with E-state index >= 15 is 0 Å². The van der Waals surface area contributed by atoms with Crippen LogP contribution in [-0.2, 0) is 0 Å². The van der Waals surface area contributed by atoms with Gasteiger partial charge in [0.2, 0.25) is 0 Å². The molecule has 3 heteroatoms. The summed E-state index contributed by atoms with van der Waals surface area (Å²) < 4.78 is 5.22. The quantitative estimate of drug-likeness (QED) is 0.735. The summed E-state index contributed by atoms with van der Waals surface area (Å²) in [7, 11) is 0. The molecule has 0 heterocycles. The maximum atomic E-state index is 9.18. The average molecular weight is 187 g/mol. The lowest BCUT2D eigenvalue weighted by atomic mass is 10.2. The van der Waals surface area contributed by atoms with E-state index in [2.05, 4.69) is 0 Å². The minimum absolute atomic E-state index is 0.222. The predicted molar refractivity (Wildman–Crippen MR) is 49.1 cm³/mol. The van der Waals surface area contributed by atoms with E-state index in [1.54, 1.807) is 12.1 Å². The van der Waals surface area contributed by atoms with Gasteiger partial charge in [-0.3, -0.25) is 0 Å². The first-order chi connectivity index (χ1) is 5.72. The minimum Gasteiger partial charge on any atom is -0.508 e. The van der Waals surface area contributed by atoms with Crippen molar-refractivity contribution in [3.05, 3.63) is 23.8 Å². The molecule has 12 heavy (non-hydrogen) atoms. The summed E-state index contributed by atoms with van der Waals surface area (Å²) in [5.41, 5.74) is 0.972. The van der Waals surface area contributed by atoms with Crippen LogP contribution in [0.25, 0.3) is 0 Å². The highest BCUT2D eigenvalue weighted by Gasteiger charge is 1.96. The number of alkyl halides is 1. The number of hydrogen-bond donors (Lipinski definition) is 1. The lowest BCUT2D eigenvalue weighted by Crippen LogP contribution is -1.97. The van der Waals surface area contributed by atoms with E-state index in [1.807, 2.05) is 13.0 Å². The van der Waals surface area contributed by atoms with Crippen LogP contribution in [0.1, 0.15) is 5.56 Å². The van der Waals surface area contributed by atoms with Crippen molar-refractivity contribution in [1.29, 1.82) is 0 Å². The molecule has 1 aromatic rings. The molecule has 1 rings (SSSR count). The number of halogens is 1. The SMILES string of the molecule is Cc1cc(O)cc(OCCCl)c1. The lowest BCUT2D eigenvalue weighted by molar-refractivity contribution is 0.340. The van der Waals surface area contributed by atoms with Gasteiger partial charge in [-0.2, -0.15) is 0 Å². The zero-order valence-electron chi connectivity index (χ0n) is 6.88. The van der Waals surface area contributed by atoms with E-state index in [9.17, 15) is 5.11 Å². The fourth-order valence-corrected chi connectivity index (χ4v) is 1.05. The summed E-state index contributed by atoms with van der Waals surface area (Å²) in [5.74, 6) is 1.34. The molecule has 0 aliphatic rings. The van der Waals surface area contributed by atoms with E-state index in [-0.39, 0.29) is 5.75 Å². The molecule has 0 saturated heterocycles. The summed E-state index contributed by atoms with van der Waals surface area (Å²) in [4.78, 5) is 0. The maximum Gasteiger partial charge on any atom is 0.123 e. The molecule has 0 aromatic heterocycles. The van der Waals surface area contributed by atoms with Crippen molar-refractivity contribution < 1.29 is 9.84 Å². The van der Waals surface area contributed by atoms with E-state index in [0.29, 0.717) is 18.2 Å². The number of rotatable bonds is 3. The number of phenols is 1. The number of aromatic hydroxyl groups is 1. The third-order valence-corrected chi connectivity index (χ3v) is 1.54. The number of ether oxygens (including phenoxy) is 1. The van der Waals surface area contributed by atoms with Gasteiger partial charge in [-0.25, -0.2) is 0 Å². The summed E-state index contributed by atoms with van der Waals surface area (Å²) in [5, 5.41) is 9.18. The van der Waals surface area contributed by atoms with Crippen molar-refractivity contribution in [3.63, 3.8) is 0 Å². The van der Waals surface area contributed by atoms with Gasteiger partial charge in [0.25, 0.3) is 0 Å². The first-order valence-electron chi connectivity index (χ1n) is 3.72. The predicted octanol–water partition coefficient (Wildman–Crippen LogP) is 2.32. The van der Waals surface area contributed by atoms with Gasteiger partial charge >= 0.3 is 0 Å². The standard InChI is InChI=1S/C9H11ClO2/c1-7-4-8(11)6-9(5-7)12-3-2-10/h4-6,11H,2-3H2,1H3. The lowest BCUT2D eigenvalue weighted by Gasteiger charge is -2.05. The van der Waals surface area contributed by atoms with Crippen LogP contribution < -0.4 is 4.74 Å². The molecular weight excluding hydrogens is 176 g/mol. The van der Waals surface area contributed by atoms with Crippen LogP contribution in [0.15, 0.2) is 18.2 Å². The van der Waals surface area contributed by atoms with Crippen LogP contribution in [0, 0.1) is 6.92 Å². The first-order valence-corrected chi connectivity index (χ1v) is 4.25. The van der Waals surface area contributed by atoms with Crippen LogP contribution in [-0.4, -0.2) is 17.6 Å². The third kappa shape index (κ3) is 2.62. The van der Waals surface area contributed by atoms with Crippen molar-refractivity contribution in [2.24, 2.45) is 0 Å². The van der Waals surface area contributed by atoms with Crippen molar-refractivity contribution >= 4 is 11.6 Å². The van der Waals surface area contributed by atoms with Crippen molar-refractivity contribution in [2.75, 3.05) is 12.5 Å². The molecule has 0 atom stereocenters. The summed E-state index contributed by atoms with van der Waals surface area (Å²) >= 11 is 5.44. The normalized spacial score (nSPS) is 9.83. The second kappa shape index (κ2) is 4.21. The van der Waals surface area contributed by atoms with E-state index < -0.39 is 0 Å². The average Bonchev–Trinajstić information content (AvgIpc) is 1.99. The second-order valence-electron chi connectivity index (χ2n) is 2.54. The highest BCUT2D eigenvalue weighted by molar-refractivity contribution is 6.17.